The number of aliphatic hydroxyl groups is 1. The van der Waals surface area contributed by atoms with Crippen molar-refractivity contribution in [2.24, 2.45) is 23.7 Å². The van der Waals surface area contributed by atoms with Gasteiger partial charge in [0.05, 0.1) is 47.5 Å². The van der Waals surface area contributed by atoms with E-state index in [0.29, 0.717) is 76.2 Å². The number of carbonyl (C=O) groups excluding carboxylic acids is 1. The number of ether oxygens (including phenoxy) is 2. The van der Waals surface area contributed by atoms with Gasteiger partial charge in [-0.1, -0.05) is 192 Å². The maximum atomic E-state index is 12.2. The van der Waals surface area contributed by atoms with Crippen molar-refractivity contribution in [1.82, 2.24) is 34.5 Å². The molecule has 2 N–H and O–H groups in total. The maximum Gasteiger partial charge on any atom is 0.255 e. The molecule has 4 aliphatic heterocycles. The van der Waals surface area contributed by atoms with Gasteiger partial charge < -0.3 is 46.4 Å². The van der Waals surface area contributed by atoms with Gasteiger partial charge in [-0.2, -0.15) is 0 Å². The van der Waals surface area contributed by atoms with Crippen molar-refractivity contribution in [3.63, 3.8) is 0 Å². The average Bonchev–Trinajstić information content (AvgIpc) is 0.801. The summed E-state index contributed by atoms with van der Waals surface area (Å²) in [6.45, 7) is 50.7. The van der Waals surface area contributed by atoms with Crippen molar-refractivity contribution < 1.29 is 63.3 Å². The predicted molar refractivity (Wildman–Crippen MR) is 444 cm³/mol. The number of piperazine rings is 1. The van der Waals surface area contributed by atoms with Gasteiger partial charge in [0.15, 0.2) is 16.2 Å². The van der Waals surface area contributed by atoms with Gasteiger partial charge in [0.1, 0.15) is 17.7 Å². The number of pyridine rings is 1. The molecule has 11 rings (SSSR count). The second-order valence-corrected chi connectivity index (χ2v) is 33.8. The Labute approximate surface area is 678 Å². The predicted octanol–water partition coefficient (Wildman–Crippen LogP) is 19.3. The van der Waals surface area contributed by atoms with Gasteiger partial charge in [0.2, 0.25) is 0 Å². The standard InChI is InChI=1S/C21H28O.C18H19ClN2O3S.C12H12ClNO.C9H20N2.C9H19NO.C8H10ClN.C8H17NO.CH3.U/c1-6-22-21-18(14-15(2)3)12-13-19(16(4)5)20(21)17-10-8-7-9-11-17;19-16-5-3-15(4-6-16)18(22)20-17-7-1-14(2-8-17)13-21-9-11-25(23,24)12-10-21;1-8(2)9-3-4-11(13)10(5-9)12-6-15-7-14-12;1-9(2)8-11-6-4-10(3)5-7-11;1-8(2)7-10-5-3-9(11)4-6-10;1-6(2)8-4-3-7(9)5-10-8;1-8(2)7-9-3-5-10-6-4-9;;/h7-13,15-16H,6,14H2,1-5H3;1-8H,9-13H2,(H,20,22);3-8H,1-2H3;9H,4-8H2,1-3H3;8-9,11H,3-7H2,1-2H3;3-6H,1-2H3;8H,3-7H2,1-2H3;1H3;/q;;;;;;;-1;. The summed E-state index contributed by atoms with van der Waals surface area (Å²) in [5.74, 6) is 5.76. The van der Waals surface area contributed by atoms with Gasteiger partial charge in [0.25, 0.3) is 5.91 Å². The summed E-state index contributed by atoms with van der Waals surface area (Å²) in [7, 11) is -0.654. The van der Waals surface area contributed by atoms with Crippen LogP contribution in [0.2, 0.25) is 15.1 Å². The molecule has 15 nitrogen and oxygen atoms in total. The van der Waals surface area contributed by atoms with Crippen molar-refractivity contribution in [2.75, 3.05) is 129 Å². The summed E-state index contributed by atoms with van der Waals surface area (Å²) in [6.07, 6.45) is 7.64. The number of amides is 1. The van der Waals surface area contributed by atoms with E-state index in [1.54, 1.807) is 36.7 Å². The van der Waals surface area contributed by atoms with Crippen LogP contribution in [0, 0.1) is 62.2 Å². The fourth-order valence-corrected chi connectivity index (χ4v) is 14.0. The zero-order valence-corrected chi connectivity index (χ0v) is 74.3. The Morgan fingerprint density at radius 2 is 1.19 bits per heavy atom. The Morgan fingerprint density at radius 3 is 1.69 bits per heavy atom. The minimum Gasteiger partial charge on any atom is -0.493 e. The smallest absolute Gasteiger partial charge is 0.255 e. The Hall–Kier alpha value is -4.68. The summed E-state index contributed by atoms with van der Waals surface area (Å²) in [6, 6.07) is 39.3. The minimum atomic E-state index is -2.85. The van der Waals surface area contributed by atoms with E-state index in [1.165, 1.54) is 80.0 Å². The number of halogens is 3. The Bertz CT molecular complexity index is 3560. The van der Waals surface area contributed by atoms with Gasteiger partial charge in [-0.3, -0.25) is 19.6 Å². The van der Waals surface area contributed by atoms with E-state index >= 15 is 0 Å². The molecule has 6 heterocycles. The van der Waals surface area contributed by atoms with Crippen molar-refractivity contribution in [3.8, 4) is 28.1 Å². The molecule has 4 aliphatic rings. The molecule has 5 aromatic carbocycles. The van der Waals surface area contributed by atoms with Crippen LogP contribution >= 0.6 is 34.8 Å². The van der Waals surface area contributed by atoms with Crippen LogP contribution in [-0.4, -0.2) is 183 Å². The molecule has 0 saturated carbocycles. The number of morpholine rings is 1. The Morgan fingerprint density at radius 1 is 0.623 bits per heavy atom. The maximum absolute atomic E-state index is 12.2. The number of nitrogens with one attached hydrogen (secondary N) is 1. The van der Waals surface area contributed by atoms with Crippen LogP contribution in [0.25, 0.3) is 22.4 Å². The van der Waals surface area contributed by atoms with Gasteiger partial charge >= 0.3 is 0 Å². The van der Waals surface area contributed by atoms with Crippen LogP contribution in [0.5, 0.6) is 5.75 Å². The molecule has 106 heavy (non-hydrogen) atoms. The Kier molecular flexibility index (Phi) is 45.9. The fraction of sp³-hybridized carbons (Fsp3) is 0.535. The number of rotatable bonds is 19. The first-order valence-electron chi connectivity index (χ1n) is 37.8. The van der Waals surface area contributed by atoms with Gasteiger partial charge in [-0.15, -0.1) is 0 Å². The van der Waals surface area contributed by atoms with Crippen LogP contribution in [0.4, 0.5) is 5.69 Å². The number of benzene rings is 5. The number of nitrogens with zero attached hydrogens (tertiary/aromatic N) is 7. The van der Waals surface area contributed by atoms with Crippen LogP contribution < -0.4 is 10.1 Å². The van der Waals surface area contributed by atoms with Crippen molar-refractivity contribution in [1.29, 1.82) is 0 Å². The summed E-state index contributed by atoms with van der Waals surface area (Å²) < 4.78 is 39.2. The molecule has 4 saturated heterocycles. The summed E-state index contributed by atoms with van der Waals surface area (Å²) in [5.41, 5.74) is 11.6. The summed E-state index contributed by atoms with van der Waals surface area (Å²) in [4.78, 5) is 32.4. The number of hydrogen-bond donors (Lipinski definition) is 2. The first-order valence-corrected chi connectivity index (χ1v) is 40.8. The van der Waals surface area contributed by atoms with Gasteiger partial charge in [-0.05, 0) is 163 Å². The number of likely N-dealkylation sites (N-methyl/N-ethyl adjacent to an activating group) is 1. The molecule has 2 aromatic heterocycles. The average molecular weight is 1760 g/mol. The molecular weight excluding hydrogens is 1630 g/mol. The van der Waals surface area contributed by atoms with Gasteiger partial charge in [-0.25, -0.2) is 13.4 Å². The number of sulfone groups is 1. The molecule has 586 valence electrons. The molecule has 0 atom stereocenters. The third kappa shape index (κ3) is 36.9. The molecule has 20 heteroatoms. The molecule has 0 bridgehead atoms. The molecule has 1 amide bonds. The molecule has 4 fully saturated rings. The number of oxazole rings is 1. The number of likely N-dealkylation sites (tertiary alicyclic amines) is 1. The number of aromatic nitrogens is 2. The SMILES string of the molecule is CC(C)CN1CCC(O)CC1.CC(C)CN1CCN(C)CC1.CC(C)CN1CCOCC1.CC(C)c1ccc(Cl)c(-c2cocn2)c1.CC(C)c1ccc(Cl)cn1.CCOc1c(CC(C)C)ccc(C(C)C)c1-c1ccccc1.O=C(Nc1ccc(CN2CCS(=O)(=O)CC2)cc1)c1ccc(Cl)cc1.[CH3-].[U]. The van der Waals surface area contributed by atoms with Crippen molar-refractivity contribution in [2.45, 2.75) is 154 Å². The molecule has 7 aromatic rings. The van der Waals surface area contributed by atoms with E-state index in [0.717, 1.165) is 105 Å². The van der Waals surface area contributed by atoms with Crippen LogP contribution in [0.15, 0.2) is 145 Å². The van der Waals surface area contributed by atoms with Crippen molar-refractivity contribution >= 4 is 56.2 Å². The summed E-state index contributed by atoms with van der Waals surface area (Å²) in [5, 5.41) is 14.1. The second-order valence-electron chi connectivity index (χ2n) is 30.2. The number of aliphatic hydroxyl groups excluding tert-OH is 1. The first-order chi connectivity index (χ1) is 49.5. The second kappa shape index (κ2) is 51.0. The van der Waals surface area contributed by atoms with E-state index < -0.39 is 9.84 Å². The quantitative estimate of drug-likeness (QED) is 0.0737. The van der Waals surface area contributed by atoms with Crippen LogP contribution in [0.1, 0.15) is 173 Å². The normalized spacial score (nSPS) is 15.7. The van der Waals surface area contributed by atoms with Crippen molar-refractivity contribution in [3.05, 3.63) is 196 Å². The zero-order chi connectivity index (χ0) is 76.3. The topological polar surface area (TPSA) is 157 Å². The molecule has 0 radical (unpaired) electrons. The molecule has 0 spiro atoms. The number of anilines is 1. The fourth-order valence-electron chi connectivity index (χ4n) is 12.2. The van der Waals surface area contributed by atoms with Crippen LogP contribution in [-0.2, 0) is 27.5 Å². The van der Waals surface area contributed by atoms with E-state index in [9.17, 15) is 18.3 Å². The van der Waals surface area contributed by atoms with E-state index in [1.807, 2.05) is 48.5 Å². The third-order valence-corrected chi connectivity index (χ3v) is 20.3. The largest absolute Gasteiger partial charge is 0.493 e. The number of carbonyl (C=O) groups is 1. The Balaban J connectivity index is 0.000000330. The van der Waals surface area contributed by atoms with E-state index in [2.05, 4.69) is 199 Å². The first kappa shape index (κ1) is 95.5. The molecule has 0 unspecified atom stereocenters. The monoisotopic (exact) mass is 1760 g/mol. The van der Waals surface area contributed by atoms with Crippen LogP contribution in [0.3, 0.4) is 0 Å². The minimum absolute atomic E-state index is 0. The number of hydrogen-bond acceptors (Lipinski definition) is 14. The summed E-state index contributed by atoms with van der Waals surface area (Å²) >= 11 is 17.6. The molecule has 0 aliphatic carbocycles. The molecular formula is C86H128Cl3N8O7SU-. The number of piperidine rings is 1. The third-order valence-electron chi connectivity index (χ3n) is 17.9. The van der Waals surface area contributed by atoms with E-state index in [4.69, 9.17) is 48.7 Å². The van der Waals surface area contributed by atoms with Gasteiger partial charge in [0, 0.05) is 162 Å². The van der Waals surface area contributed by atoms with E-state index in [-0.39, 0.29) is 62.1 Å². The zero-order valence-electron chi connectivity index (χ0n) is 67.0.